The Morgan fingerprint density at radius 3 is 2.61 bits per heavy atom. The number of hydrogen-bond donors (Lipinski definition) is 2. The summed E-state index contributed by atoms with van der Waals surface area (Å²) >= 11 is 0. The molecule has 0 unspecified atom stereocenters. The van der Waals surface area contributed by atoms with Gasteiger partial charge in [0, 0.05) is 48.6 Å². The second-order valence-electron chi connectivity index (χ2n) is 8.89. The molecule has 2 aliphatic rings. The Hall–Kier alpha value is -3.41. The SMILES string of the molecule is C[C@H](O)C(=O)N1C[C@@H]2[C@@H](C#Cc3ccc(-c4cc(Cn5ccnc5[C@H](C)O)no4)cc3)[C@@H]2C1. The predicted octanol–water partition coefficient (Wildman–Crippen LogP) is 2.08. The third kappa shape index (κ3) is 4.30. The van der Waals surface area contributed by atoms with Crippen LogP contribution in [0.25, 0.3) is 11.3 Å². The van der Waals surface area contributed by atoms with Gasteiger partial charge in [-0.3, -0.25) is 4.79 Å². The lowest BCUT2D eigenvalue weighted by molar-refractivity contribution is -0.138. The van der Waals surface area contributed by atoms with Gasteiger partial charge < -0.3 is 24.2 Å². The molecule has 3 heterocycles. The molecule has 1 amide bonds. The molecule has 0 bridgehead atoms. The zero-order valence-corrected chi connectivity index (χ0v) is 18.5. The molecule has 8 heteroatoms. The van der Waals surface area contributed by atoms with E-state index in [2.05, 4.69) is 22.0 Å². The lowest BCUT2D eigenvalue weighted by atomic mass is 10.1. The van der Waals surface area contributed by atoms with Crippen molar-refractivity contribution in [2.75, 3.05) is 13.1 Å². The van der Waals surface area contributed by atoms with Crippen molar-refractivity contribution in [3.05, 3.63) is 59.8 Å². The van der Waals surface area contributed by atoms with Gasteiger partial charge in [0.25, 0.3) is 5.91 Å². The molecule has 2 fully saturated rings. The van der Waals surface area contributed by atoms with Gasteiger partial charge in [0.15, 0.2) is 5.76 Å². The fourth-order valence-electron chi connectivity index (χ4n) is 4.59. The molecule has 0 radical (unpaired) electrons. The van der Waals surface area contributed by atoms with Crippen molar-refractivity contribution in [1.82, 2.24) is 19.6 Å². The Kier molecular flexibility index (Phi) is 5.52. The maximum atomic E-state index is 11.9. The molecule has 5 rings (SSSR count). The van der Waals surface area contributed by atoms with Crippen LogP contribution in [0.2, 0.25) is 0 Å². The van der Waals surface area contributed by atoms with Gasteiger partial charge in [0.1, 0.15) is 23.7 Å². The first kappa shape index (κ1) is 21.4. The average molecular weight is 447 g/mol. The van der Waals surface area contributed by atoms with Crippen LogP contribution in [0.5, 0.6) is 0 Å². The number of carbonyl (C=O) groups excluding carboxylic acids is 1. The normalized spacial score (nSPS) is 22.9. The van der Waals surface area contributed by atoms with Crippen LogP contribution in [-0.4, -0.2) is 54.9 Å². The number of aliphatic hydroxyl groups excluding tert-OH is 2. The summed E-state index contributed by atoms with van der Waals surface area (Å²) in [7, 11) is 0. The van der Waals surface area contributed by atoms with E-state index in [0.717, 1.165) is 16.8 Å². The molecule has 2 aromatic heterocycles. The van der Waals surface area contributed by atoms with Gasteiger partial charge in [-0.1, -0.05) is 17.0 Å². The fraction of sp³-hybridized carbons (Fsp3) is 0.400. The first-order valence-electron chi connectivity index (χ1n) is 11.1. The first-order valence-corrected chi connectivity index (χ1v) is 11.1. The summed E-state index contributed by atoms with van der Waals surface area (Å²) in [5, 5.41) is 23.4. The van der Waals surface area contributed by atoms with Gasteiger partial charge in [-0.15, -0.1) is 0 Å². The van der Waals surface area contributed by atoms with E-state index in [1.54, 1.807) is 24.2 Å². The van der Waals surface area contributed by atoms with E-state index in [-0.39, 0.29) is 5.91 Å². The van der Waals surface area contributed by atoms with Crippen LogP contribution in [-0.2, 0) is 11.3 Å². The van der Waals surface area contributed by atoms with Gasteiger partial charge in [0.05, 0.1) is 6.54 Å². The summed E-state index contributed by atoms with van der Waals surface area (Å²) < 4.78 is 7.36. The second kappa shape index (κ2) is 8.50. The lowest BCUT2D eigenvalue weighted by Gasteiger charge is -2.20. The number of likely N-dealkylation sites (tertiary alicyclic amines) is 1. The average Bonchev–Trinajstić information content (AvgIpc) is 3.29. The number of imidazole rings is 1. The van der Waals surface area contributed by atoms with E-state index in [9.17, 15) is 15.0 Å². The van der Waals surface area contributed by atoms with Crippen LogP contribution < -0.4 is 0 Å². The highest BCUT2D eigenvalue weighted by Crippen LogP contribution is 2.51. The molecule has 2 N–H and O–H groups in total. The summed E-state index contributed by atoms with van der Waals surface area (Å²) in [4.78, 5) is 17.8. The summed E-state index contributed by atoms with van der Waals surface area (Å²) in [5.74, 6) is 8.85. The second-order valence-corrected chi connectivity index (χ2v) is 8.89. The van der Waals surface area contributed by atoms with Gasteiger partial charge in [-0.05, 0) is 49.9 Å². The summed E-state index contributed by atoms with van der Waals surface area (Å²) in [5.41, 5.74) is 2.59. The summed E-state index contributed by atoms with van der Waals surface area (Å²) in [6.45, 7) is 5.05. The highest BCUT2D eigenvalue weighted by Gasteiger charge is 2.56. The number of amides is 1. The molecule has 1 aliphatic carbocycles. The molecule has 5 atom stereocenters. The number of aliphatic hydroxyl groups is 2. The van der Waals surface area contributed by atoms with Crippen LogP contribution in [0.1, 0.15) is 37.0 Å². The molecule has 170 valence electrons. The van der Waals surface area contributed by atoms with Crippen molar-refractivity contribution in [2.24, 2.45) is 17.8 Å². The van der Waals surface area contributed by atoms with Crippen molar-refractivity contribution in [2.45, 2.75) is 32.6 Å². The van der Waals surface area contributed by atoms with E-state index < -0.39 is 12.2 Å². The molecule has 1 saturated heterocycles. The maximum absolute atomic E-state index is 11.9. The number of benzene rings is 1. The smallest absolute Gasteiger partial charge is 0.251 e. The molecule has 33 heavy (non-hydrogen) atoms. The van der Waals surface area contributed by atoms with Gasteiger partial charge >= 0.3 is 0 Å². The number of hydrogen-bond acceptors (Lipinski definition) is 6. The molecule has 8 nitrogen and oxygen atoms in total. The predicted molar refractivity (Wildman–Crippen MR) is 120 cm³/mol. The van der Waals surface area contributed by atoms with Crippen molar-refractivity contribution >= 4 is 5.91 Å². The molecule has 1 aromatic carbocycles. The quantitative estimate of drug-likeness (QED) is 0.582. The number of rotatable bonds is 5. The molecule has 3 aromatic rings. The van der Waals surface area contributed by atoms with Crippen LogP contribution >= 0.6 is 0 Å². The number of piperidine rings is 1. The van der Waals surface area contributed by atoms with Crippen LogP contribution in [0.4, 0.5) is 0 Å². The largest absolute Gasteiger partial charge is 0.385 e. The third-order valence-electron chi connectivity index (χ3n) is 6.43. The Bertz CT molecular complexity index is 1200. The monoisotopic (exact) mass is 446 g/mol. The fourth-order valence-corrected chi connectivity index (χ4v) is 4.59. The van der Waals surface area contributed by atoms with E-state index >= 15 is 0 Å². The van der Waals surface area contributed by atoms with Crippen molar-refractivity contribution in [3.8, 4) is 23.2 Å². The van der Waals surface area contributed by atoms with Crippen molar-refractivity contribution in [1.29, 1.82) is 0 Å². The zero-order valence-electron chi connectivity index (χ0n) is 18.5. The standard InChI is InChI=1S/C25H26N4O4/c1-15(30)24-26-9-10-28(24)12-19-11-23(33-27-19)18-6-3-17(4-7-18)5-8-20-21-13-29(14-22(20)21)25(32)16(2)31/h3-4,6-7,9-11,15-16,20-22,30-31H,12-14H2,1-2H3/t15-,16-,20-,21-,22+/m0/s1. The van der Waals surface area contributed by atoms with E-state index in [1.165, 1.54) is 6.92 Å². The molecular weight excluding hydrogens is 420 g/mol. The van der Waals surface area contributed by atoms with Crippen LogP contribution in [0.15, 0.2) is 47.2 Å². The lowest BCUT2D eigenvalue weighted by Crippen LogP contribution is -2.37. The zero-order chi connectivity index (χ0) is 23.1. The third-order valence-corrected chi connectivity index (χ3v) is 6.43. The van der Waals surface area contributed by atoms with Gasteiger partial charge in [-0.2, -0.15) is 0 Å². The molecule has 1 saturated carbocycles. The number of carbonyl (C=O) groups is 1. The molecular formula is C25H26N4O4. The minimum atomic E-state index is -0.932. The maximum Gasteiger partial charge on any atom is 0.251 e. The number of nitrogens with zero attached hydrogens (tertiary/aromatic N) is 4. The van der Waals surface area contributed by atoms with Gasteiger partial charge in [0.2, 0.25) is 0 Å². The Labute approximate surface area is 191 Å². The minimum Gasteiger partial charge on any atom is -0.385 e. The molecule has 1 aliphatic heterocycles. The highest BCUT2D eigenvalue weighted by atomic mass is 16.5. The van der Waals surface area contributed by atoms with Crippen LogP contribution in [0, 0.1) is 29.6 Å². The topological polar surface area (TPSA) is 105 Å². The first-order chi connectivity index (χ1) is 15.9. The van der Waals surface area contributed by atoms with Gasteiger partial charge in [-0.25, -0.2) is 4.98 Å². The highest BCUT2D eigenvalue weighted by molar-refractivity contribution is 5.80. The summed E-state index contributed by atoms with van der Waals surface area (Å²) in [6.07, 6.45) is 1.88. The van der Waals surface area contributed by atoms with E-state index in [4.69, 9.17) is 4.52 Å². The van der Waals surface area contributed by atoms with Crippen LogP contribution in [0.3, 0.4) is 0 Å². The summed E-state index contributed by atoms with van der Waals surface area (Å²) in [6, 6.07) is 9.74. The van der Waals surface area contributed by atoms with Crippen molar-refractivity contribution < 1.29 is 19.5 Å². The Morgan fingerprint density at radius 2 is 1.94 bits per heavy atom. The molecule has 0 spiro atoms. The Balaban J connectivity index is 1.19. The Morgan fingerprint density at radius 1 is 1.21 bits per heavy atom. The minimum absolute atomic E-state index is 0.187. The van der Waals surface area contributed by atoms with E-state index in [0.29, 0.717) is 49.0 Å². The number of aromatic nitrogens is 3. The van der Waals surface area contributed by atoms with Crippen molar-refractivity contribution in [3.63, 3.8) is 0 Å². The van der Waals surface area contributed by atoms with E-state index in [1.807, 2.05) is 34.9 Å². The number of fused-ring (bicyclic) bond motifs is 1.